The number of aryl methyl sites for hydroxylation is 1. The van der Waals surface area contributed by atoms with Crippen molar-refractivity contribution in [2.75, 3.05) is 37.6 Å². The predicted octanol–water partition coefficient (Wildman–Crippen LogP) is 2.71. The Bertz CT molecular complexity index is 1150. The number of pyridine rings is 2. The molecule has 2 aromatic rings. The number of hydrogen-bond acceptors (Lipinski definition) is 6. The molecule has 3 N–H and O–H groups in total. The molecular weight excluding hydrogens is 454 g/mol. The summed E-state index contributed by atoms with van der Waals surface area (Å²) in [6.45, 7) is 5.64. The number of H-pyrrole nitrogens is 1. The molecule has 2 aliphatic rings. The lowest BCUT2D eigenvalue weighted by atomic mass is 9.88. The third-order valence-corrected chi connectivity index (χ3v) is 6.47. The molecule has 0 radical (unpaired) electrons. The fourth-order valence-corrected chi connectivity index (χ4v) is 4.37. The molecule has 1 amide bonds. The van der Waals surface area contributed by atoms with E-state index in [1.165, 1.54) is 6.21 Å². The maximum absolute atomic E-state index is 13.0. The highest BCUT2D eigenvalue weighted by atomic mass is 19.3. The molecule has 186 valence electrons. The number of hydrogen-bond donors (Lipinski definition) is 3. The Balaban J connectivity index is 1.28. The van der Waals surface area contributed by atoms with Crippen LogP contribution in [0.15, 0.2) is 40.8 Å². The molecule has 1 aliphatic heterocycles. The van der Waals surface area contributed by atoms with Crippen LogP contribution in [-0.2, 0) is 6.42 Å². The summed E-state index contributed by atoms with van der Waals surface area (Å²) in [5.74, 6) is -3.11. The minimum absolute atomic E-state index is 0.0964. The van der Waals surface area contributed by atoms with Gasteiger partial charge in [-0.15, -0.1) is 0 Å². The number of amides is 1. The van der Waals surface area contributed by atoms with E-state index in [2.05, 4.69) is 25.1 Å². The van der Waals surface area contributed by atoms with Crippen molar-refractivity contribution in [2.45, 2.75) is 38.2 Å². The van der Waals surface area contributed by atoms with E-state index in [9.17, 15) is 18.4 Å². The molecule has 0 aromatic carbocycles. The van der Waals surface area contributed by atoms with Crippen LogP contribution in [-0.4, -0.2) is 71.7 Å². The number of aromatic amines is 1. The Morgan fingerprint density at radius 2 is 1.97 bits per heavy atom. The lowest BCUT2D eigenvalue weighted by Gasteiger charge is -2.36. The van der Waals surface area contributed by atoms with Crippen molar-refractivity contribution >= 4 is 23.9 Å². The Hall–Kier alpha value is -3.40. The smallest absolute Gasteiger partial charge is 0.270 e. The second-order valence-corrected chi connectivity index (χ2v) is 9.08. The fourth-order valence-electron chi connectivity index (χ4n) is 4.37. The number of nitrogens with one attached hydrogen (secondary N) is 3. The van der Waals surface area contributed by atoms with Gasteiger partial charge in [-0.05, 0) is 36.3 Å². The first kappa shape index (κ1) is 24.7. The summed E-state index contributed by atoms with van der Waals surface area (Å²) < 4.78 is 25.9. The Kier molecular flexibility index (Phi) is 7.39. The largest absolute Gasteiger partial charge is 0.368 e. The van der Waals surface area contributed by atoms with Crippen molar-refractivity contribution in [3.05, 3.63) is 63.3 Å². The van der Waals surface area contributed by atoms with Gasteiger partial charge in [0, 0.05) is 69.1 Å². The van der Waals surface area contributed by atoms with Crippen LogP contribution in [0, 0.1) is 5.41 Å². The van der Waals surface area contributed by atoms with Crippen molar-refractivity contribution in [2.24, 2.45) is 0 Å². The molecule has 2 fully saturated rings. The van der Waals surface area contributed by atoms with Crippen molar-refractivity contribution in [1.29, 1.82) is 5.41 Å². The quantitative estimate of drug-likeness (QED) is 0.500. The van der Waals surface area contributed by atoms with Gasteiger partial charge in [-0.3, -0.25) is 14.5 Å². The molecule has 0 bridgehead atoms. The van der Waals surface area contributed by atoms with Gasteiger partial charge in [0.25, 0.3) is 17.4 Å². The van der Waals surface area contributed by atoms with Gasteiger partial charge in [0.1, 0.15) is 5.69 Å². The van der Waals surface area contributed by atoms with E-state index in [1.54, 1.807) is 12.3 Å². The van der Waals surface area contributed by atoms with Crippen molar-refractivity contribution < 1.29 is 13.6 Å². The van der Waals surface area contributed by atoms with Crippen LogP contribution in [0.3, 0.4) is 0 Å². The van der Waals surface area contributed by atoms with Gasteiger partial charge >= 0.3 is 0 Å². The number of rotatable bonds is 8. The normalized spacial score (nSPS) is 18.7. The summed E-state index contributed by atoms with van der Waals surface area (Å²) in [5, 5.41) is 10.4. The standard InChI is InChI=1S/C25H30F2N6O2/c1-2-18-3-4-19(30-23(18)34)11-17(14-28)16-32-7-9-33(10-8-32)21-5-6-22(29-15-21)24(35)31-20-12-25(26,27)13-20/h3-6,11,14-15,20,28H,2,7-10,12-13,16H2,1H3,(H,30,34)(H,31,35)/b17-11+,28-14?. The molecule has 0 atom stereocenters. The van der Waals surface area contributed by atoms with E-state index in [4.69, 9.17) is 5.41 Å². The first-order chi connectivity index (χ1) is 16.8. The molecule has 1 saturated heterocycles. The zero-order chi connectivity index (χ0) is 25.0. The Labute approximate surface area is 202 Å². The van der Waals surface area contributed by atoms with Crippen LogP contribution in [0.4, 0.5) is 14.5 Å². The monoisotopic (exact) mass is 484 g/mol. The minimum atomic E-state index is -2.67. The van der Waals surface area contributed by atoms with E-state index >= 15 is 0 Å². The Morgan fingerprint density at radius 3 is 2.54 bits per heavy atom. The van der Waals surface area contributed by atoms with Crippen LogP contribution in [0.25, 0.3) is 6.08 Å². The van der Waals surface area contributed by atoms with Crippen LogP contribution in [0.2, 0.25) is 0 Å². The molecule has 1 aliphatic carbocycles. The van der Waals surface area contributed by atoms with Crippen LogP contribution < -0.4 is 15.8 Å². The second-order valence-electron chi connectivity index (χ2n) is 9.08. The molecule has 35 heavy (non-hydrogen) atoms. The number of carbonyl (C=O) groups excluding carboxylic acids is 1. The molecule has 2 aromatic heterocycles. The number of carbonyl (C=O) groups is 1. The number of halogens is 2. The van der Waals surface area contributed by atoms with Crippen LogP contribution in [0.5, 0.6) is 0 Å². The van der Waals surface area contributed by atoms with Crippen molar-refractivity contribution in [1.82, 2.24) is 20.2 Å². The van der Waals surface area contributed by atoms with Crippen LogP contribution in [0.1, 0.15) is 41.5 Å². The van der Waals surface area contributed by atoms with Gasteiger partial charge in [-0.25, -0.2) is 13.8 Å². The van der Waals surface area contributed by atoms with Crippen molar-refractivity contribution in [3.8, 4) is 0 Å². The number of nitrogens with zero attached hydrogens (tertiary/aromatic N) is 3. The summed E-state index contributed by atoms with van der Waals surface area (Å²) in [5.41, 5.74) is 3.24. The lowest BCUT2D eigenvalue weighted by molar-refractivity contribution is -0.0901. The van der Waals surface area contributed by atoms with Gasteiger partial charge in [-0.2, -0.15) is 0 Å². The third-order valence-electron chi connectivity index (χ3n) is 6.47. The third kappa shape index (κ3) is 6.19. The van der Waals surface area contributed by atoms with Gasteiger partial charge in [0.15, 0.2) is 0 Å². The Morgan fingerprint density at radius 1 is 1.23 bits per heavy atom. The molecule has 0 unspecified atom stereocenters. The minimum Gasteiger partial charge on any atom is -0.368 e. The number of aromatic nitrogens is 2. The topological polar surface area (TPSA) is 105 Å². The molecule has 0 spiro atoms. The first-order valence-electron chi connectivity index (χ1n) is 11.8. The highest BCUT2D eigenvalue weighted by Gasteiger charge is 2.46. The molecule has 1 saturated carbocycles. The number of anilines is 1. The first-order valence-corrected chi connectivity index (χ1v) is 11.8. The molecule has 4 rings (SSSR count). The summed E-state index contributed by atoms with van der Waals surface area (Å²) >= 11 is 0. The summed E-state index contributed by atoms with van der Waals surface area (Å²) in [6.07, 6.45) is 4.82. The molecule has 3 heterocycles. The van der Waals surface area contributed by atoms with E-state index in [0.29, 0.717) is 18.7 Å². The van der Waals surface area contributed by atoms with Gasteiger partial charge < -0.3 is 20.6 Å². The van der Waals surface area contributed by atoms with Crippen molar-refractivity contribution in [3.63, 3.8) is 0 Å². The van der Waals surface area contributed by atoms with Gasteiger partial charge in [-0.1, -0.05) is 13.0 Å². The number of alkyl halides is 2. The average molecular weight is 485 g/mol. The molecule has 8 nitrogen and oxygen atoms in total. The zero-order valence-electron chi connectivity index (χ0n) is 19.7. The van der Waals surface area contributed by atoms with Gasteiger partial charge in [0.05, 0.1) is 11.9 Å². The molecule has 10 heteroatoms. The average Bonchev–Trinajstić information content (AvgIpc) is 2.83. The highest BCUT2D eigenvalue weighted by Crippen LogP contribution is 2.37. The SMILES string of the molecule is CCc1ccc(/C=C(\C=N)CN2CCN(c3ccc(C(=O)NC4CC(F)(F)C4)nc3)CC2)[nH]c1=O. The molecular formula is C25H30F2N6O2. The van der Waals surface area contributed by atoms with Gasteiger partial charge in [0.2, 0.25) is 0 Å². The summed E-state index contributed by atoms with van der Waals surface area (Å²) in [7, 11) is 0. The van der Waals surface area contributed by atoms with E-state index in [1.807, 2.05) is 31.2 Å². The maximum atomic E-state index is 13.0. The maximum Gasteiger partial charge on any atom is 0.270 e. The number of piperazine rings is 1. The zero-order valence-corrected chi connectivity index (χ0v) is 19.7. The van der Waals surface area contributed by atoms with Crippen LogP contribution >= 0.6 is 0 Å². The fraction of sp³-hybridized carbons (Fsp3) is 0.440. The van der Waals surface area contributed by atoms with E-state index in [0.717, 1.165) is 43.0 Å². The predicted molar refractivity (Wildman–Crippen MR) is 132 cm³/mol. The summed E-state index contributed by atoms with van der Waals surface area (Å²) in [6, 6.07) is 6.63. The van der Waals surface area contributed by atoms with E-state index < -0.39 is 17.9 Å². The summed E-state index contributed by atoms with van der Waals surface area (Å²) in [4.78, 5) is 35.8. The lowest BCUT2D eigenvalue weighted by Crippen LogP contribution is -2.50. The van der Waals surface area contributed by atoms with E-state index in [-0.39, 0.29) is 24.1 Å². The highest BCUT2D eigenvalue weighted by molar-refractivity contribution is 5.92. The second kappa shape index (κ2) is 10.5.